The molecular weight excluding hydrogens is 573 g/mol. The lowest BCUT2D eigenvalue weighted by Crippen LogP contribution is -2.42. The summed E-state index contributed by atoms with van der Waals surface area (Å²) in [5, 5.41) is 13.6. The molecule has 2 amide bonds. The second-order valence-electron chi connectivity index (χ2n) is 11.8. The van der Waals surface area contributed by atoms with Crippen molar-refractivity contribution in [2.75, 3.05) is 19.8 Å². The van der Waals surface area contributed by atoms with Crippen LogP contribution >= 0.6 is 11.8 Å². The maximum atomic E-state index is 13.7. The Balaban J connectivity index is 1.51. The number of nitrogens with zero attached hydrogens (tertiary/aromatic N) is 4. The topological polar surface area (TPSA) is 134 Å². The minimum absolute atomic E-state index is 0.0236. The normalized spacial score (nSPS) is 20.7. The Morgan fingerprint density at radius 2 is 1.81 bits per heavy atom. The molecule has 43 heavy (non-hydrogen) atoms. The lowest BCUT2D eigenvalue weighted by Gasteiger charge is -2.41. The zero-order valence-electron chi connectivity index (χ0n) is 24.4. The lowest BCUT2D eigenvalue weighted by atomic mass is 9.63. The molecule has 1 fully saturated rings. The van der Waals surface area contributed by atoms with Gasteiger partial charge in [0.2, 0.25) is 11.5 Å². The Morgan fingerprint density at radius 1 is 1.12 bits per heavy atom. The van der Waals surface area contributed by atoms with E-state index < -0.39 is 40.0 Å². The molecular formula is C31H34FN5O5S. The molecule has 226 valence electrons. The summed E-state index contributed by atoms with van der Waals surface area (Å²) < 4.78 is 15.1. The number of halogens is 1. The van der Waals surface area contributed by atoms with Crippen molar-refractivity contribution in [3.63, 3.8) is 0 Å². The molecule has 10 nitrogen and oxygen atoms in total. The van der Waals surface area contributed by atoms with Gasteiger partial charge in [-0.1, -0.05) is 12.1 Å². The van der Waals surface area contributed by atoms with Gasteiger partial charge in [0, 0.05) is 62.1 Å². The first kappa shape index (κ1) is 30.4. The van der Waals surface area contributed by atoms with Crippen molar-refractivity contribution in [3.05, 3.63) is 81.5 Å². The van der Waals surface area contributed by atoms with Gasteiger partial charge < -0.3 is 15.3 Å². The third-order valence-electron chi connectivity index (χ3n) is 8.61. The number of likely N-dealkylation sites (N-methyl/N-ethyl adjacent to an activating group) is 1. The smallest absolute Gasteiger partial charge is 0.296 e. The molecule has 12 heteroatoms. The summed E-state index contributed by atoms with van der Waals surface area (Å²) in [5.41, 5.74) is -1.44. The number of carbonyl (C=O) groups excluding carboxylic acids is 3. The number of thioether (sulfide) groups is 1. The number of aromatic hydroxyl groups is 1. The van der Waals surface area contributed by atoms with E-state index in [1.54, 1.807) is 37.1 Å². The number of hydrogen-bond acceptors (Lipinski definition) is 8. The molecule has 1 aromatic carbocycles. The predicted octanol–water partition coefficient (Wildman–Crippen LogP) is 3.37. The number of aromatic nitrogens is 3. The number of fused-ring (bicyclic) bond motifs is 2. The first-order chi connectivity index (χ1) is 20.4. The van der Waals surface area contributed by atoms with Crippen LogP contribution < -0.4 is 10.9 Å². The van der Waals surface area contributed by atoms with Gasteiger partial charge in [0.1, 0.15) is 11.6 Å². The summed E-state index contributed by atoms with van der Waals surface area (Å²) in [4.78, 5) is 63.7. The van der Waals surface area contributed by atoms with Crippen molar-refractivity contribution in [2.24, 2.45) is 5.41 Å². The molecule has 2 aliphatic heterocycles. The van der Waals surface area contributed by atoms with Gasteiger partial charge in [-0.3, -0.25) is 28.7 Å². The van der Waals surface area contributed by atoms with Crippen LogP contribution in [0.4, 0.5) is 4.39 Å². The quantitative estimate of drug-likeness (QED) is 0.279. The summed E-state index contributed by atoms with van der Waals surface area (Å²) in [7, 11) is 3.01. The Bertz CT molecular complexity index is 1630. The van der Waals surface area contributed by atoms with Crippen LogP contribution in [0.2, 0.25) is 0 Å². The van der Waals surface area contributed by atoms with Crippen molar-refractivity contribution < 1.29 is 23.9 Å². The first-order valence-corrected chi connectivity index (χ1v) is 15.1. The SMILES string of the molecule is Cc1cc(CNC(=O)c2nc3n(c(=O)c2O)CC2(CSc4ccncc4)CCC3(CC(=O)C(=O)N(C)C)CC2)ccc1F. The molecule has 2 N–H and O–H groups in total. The molecule has 1 aliphatic carbocycles. The number of hydrogen-bond donors (Lipinski definition) is 2. The standard InChI is InChI=1S/C31H34FN5O5S/c1-19-14-20(4-5-22(19)32)16-34-26(40)24-25(39)28(42)37-17-30(18-43-21-6-12-33-13-7-21)8-10-31(11-9-30,29(37)35-24)15-23(38)27(41)36(2)3/h4-7,12-14,39H,8-11,15-18H2,1-3H3,(H,34,40). The second kappa shape index (κ2) is 11.9. The van der Waals surface area contributed by atoms with Gasteiger partial charge in [0.15, 0.2) is 5.69 Å². The first-order valence-electron chi connectivity index (χ1n) is 14.1. The lowest BCUT2D eigenvalue weighted by molar-refractivity contribution is -0.143. The number of Topliss-reactive ketones (excluding diaryl/α,β-unsaturated/α-hetero) is 1. The van der Waals surface area contributed by atoms with Gasteiger partial charge >= 0.3 is 0 Å². The maximum absolute atomic E-state index is 13.7. The van der Waals surface area contributed by atoms with Crippen molar-refractivity contribution in [1.82, 2.24) is 24.8 Å². The molecule has 2 bridgehead atoms. The number of rotatable bonds is 9. The van der Waals surface area contributed by atoms with Crippen LogP contribution in [0.25, 0.3) is 0 Å². The highest BCUT2D eigenvalue weighted by Crippen LogP contribution is 2.54. The largest absolute Gasteiger partial charge is 0.501 e. The second-order valence-corrected chi connectivity index (χ2v) is 12.9. The molecule has 4 heterocycles. The van der Waals surface area contributed by atoms with Crippen molar-refractivity contribution >= 4 is 29.4 Å². The summed E-state index contributed by atoms with van der Waals surface area (Å²) >= 11 is 1.65. The van der Waals surface area contributed by atoms with Gasteiger partial charge in [-0.2, -0.15) is 0 Å². The molecule has 3 aliphatic rings. The van der Waals surface area contributed by atoms with Gasteiger partial charge in [0.05, 0.1) is 0 Å². The van der Waals surface area contributed by atoms with Crippen molar-refractivity contribution in [3.8, 4) is 5.75 Å². The van der Waals surface area contributed by atoms with E-state index in [-0.39, 0.29) is 36.6 Å². The van der Waals surface area contributed by atoms with Crippen molar-refractivity contribution in [1.29, 1.82) is 0 Å². The Labute approximate surface area is 252 Å². The average Bonchev–Trinajstić information content (AvgIpc) is 3.21. The summed E-state index contributed by atoms with van der Waals surface area (Å²) in [5.74, 6) is -2.24. The number of amides is 2. The minimum atomic E-state index is -0.958. The van der Waals surface area contributed by atoms with E-state index in [0.717, 1.165) is 4.90 Å². The fraction of sp³-hybridized carbons (Fsp3) is 0.419. The number of nitrogens with one attached hydrogen (secondary N) is 1. The van der Waals surface area contributed by atoms with Gasteiger partial charge in [-0.25, -0.2) is 9.37 Å². The van der Waals surface area contributed by atoms with Crippen LogP contribution in [0.1, 0.15) is 59.5 Å². The number of pyridine rings is 1. The summed E-state index contributed by atoms with van der Waals surface area (Å²) in [6.07, 6.45) is 5.60. The Morgan fingerprint density at radius 3 is 2.47 bits per heavy atom. The zero-order chi connectivity index (χ0) is 30.9. The van der Waals surface area contributed by atoms with E-state index in [2.05, 4.69) is 15.3 Å². The average molecular weight is 608 g/mol. The van der Waals surface area contributed by atoms with Crippen molar-refractivity contribution in [2.45, 2.75) is 62.4 Å². The van der Waals surface area contributed by atoms with E-state index in [4.69, 9.17) is 0 Å². The third-order valence-corrected chi connectivity index (χ3v) is 9.97. The Hall–Kier alpha value is -4.06. The minimum Gasteiger partial charge on any atom is -0.501 e. The molecule has 0 spiro atoms. The van der Waals surface area contributed by atoms with E-state index in [1.807, 2.05) is 12.1 Å². The van der Waals surface area contributed by atoms with E-state index >= 15 is 0 Å². The van der Waals surface area contributed by atoms with Crippen LogP contribution in [-0.4, -0.2) is 62.0 Å². The number of carbonyl (C=O) groups is 3. The van der Waals surface area contributed by atoms with Crippen LogP contribution in [0.3, 0.4) is 0 Å². The van der Waals surface area contributed by atoms with E-state index in [1.165, 1.54) is 35.7 Å². The highest BCUT2D eigenvalue weighted by molar-refractivity contribution is 7.99. The predicted molar refractivity (Wildman–Crippen MR) is 158 cm³/mol. The maximum Gasteiger partial charge on any atom is 0.296 e. The van der Waals surface area contributed by atoms with Gasteiger partial charge in [-0.05, 0) is 67.3 Å². The molecule has 1 saturated carbocycles. The van der Waals surface area contributed by atoms with Crippen LogP contribution in [-0.2, 0) is 28.1 Å². The van der Waals surface area contributed by atoms with Crippen LogP contribution in [0.15, 0.2) is 52.4 Å². The molecule has 6 rings (SSSR count). The van der Waals surface area contributed by atoms with E-state index in [0.29, 0.717) is 42.6 Å². The third kappa shape index (κ3) is 6.06. The Kier molecular flexibility index (Phi) is 8.42. The highest BCUT2D eigenvalue weighted by Gasteiger charge is 2.52. The van der Waals surface area contributed by atoms with Gasteiger partial charge in [0.25, 0.3) is 17.4 Å². The fourth-order valence-corrected chi connectivity index (χ4v) is 7.23. The summed E-state index contributed by atoms with van der Waals surface area (Å²) in [6.45, 7) is 1.89. The molecule has 2 aromatic heterocycles. The monoisotopic (exact) mass is 607 g/mol. The van der Waals surface area contributed by atoms with Crippen LogP contribution in [0, 0.1) is 18.2 Å². The molecule has 0 radical (unpaired) electrons. The summed E-state index contributed by atoms with van der Waals surface area (Å²) in [6, 6.07) is 8.27. The number of benzene rings is 1. The molecule has 0 unspecified atom stereocenters. The van der Waals surface area contributed by atoms with Crippen LogP contribution in [0.5, 0.6) is 5.75 Å². The molecule has 0 atom stereocenters. The highest BCUT2D eigenvalue weighted by atomic mass is 32.2. The number of aryl methyl sites for hydroxylation is 1. The zero-order valence-corrected chi connectivity index (χ0v) is 25.2. The molecule has 0 saturated heterocycles. The molecule has 3 aromatic rings. The van der Waals surface area contributed by atoms with Gasteiger partial charge in [-0.15, -0.1) is 11.8 Å². The number of ketones is 1. The van der Waals surface area contributed by atoms with E-state index in [9.17, 15) is 28.7 Å². The fourth-order valence-electron chi connectivity index (χ4n) is 6.06.